The Bertz CT molecular complexity index is 677. The highest BCUT2D eigenvalue weighted by atomic mass is 32.1. The van der Waals surface area contributed by atoms with Gasteiger partial charge in [0.1, 0.15) is 10.7 Å². The van der Waals surface area contributed by atoms with Crippen molar-refractivity contribution in [1.82, 2.24) is 0 Å². The lowest BCUT2D eigenvalue weighted by molar-refractivity contribution is -0.129. The second kappa shape index (κ2) is 5.32. The van der Waals surface area contributed by atoms with Gasteiger partial charge in [0.05, 0.1) is 0 Å². The van der Waals surface area contributed by atoms with Gasteiger partial charge in [0, 0.05) is 16.5 Å². The molecule has 0 saturated heterocycles. The third-order valence-corrected chi connectivity index (χ3v) is 4.54. The normalized spacial score (nSPS) is 19.2. The van der Waals surface area contributed by atoms with E-state index in [1.165, 1.54) is 23.5 Å². The van der Waals surface area contributed by atoms with Crippen molar-refractivity contribution < 1.29 is 18.7 Å². The average Bonchev–Trinajstić information content (AvgIpc) is 2.87. The predicted molar refractivity (Wildman–Crippen MR) is 74.5 cm³/mol. The maximum absolute atomic E-state index is 13.6. The molecule has 3 nitrogen and oxygen atoms in total. The first-order chi connectivity index (χ1) is 9.65. The number of benzene rings is 1. The number of halogens is 1. The Morgan fingerprint density at radius 1 is 1.35 bits per heavy atom. The molecule has 2 aromatic rings. The number of carbonyl (C=O) groups is 2. The van der Waals surface area contributed by atoms with Gasteiger partial charge < -0.3 is 4.74 Å². The van der Waals surface area contributed by atoms with Crippen LogP contribution in [0.25, 0.3) is 10.1 Å². The summed E-state index contributed by atoms with van der Waals surface area (Å²) >= 11 is 1.18. The molecule has 1 saturated carbocycles. The number of hydrogen-bond donors (Lipinski definition) is 0. The average molecular weight is 292 g/mol. The first-order valence-electron chi connectivity index (χ1n) is 6.57. The molecule has 0 unspecified atom stereocenters. The van der Waals surface area contributed by atoms with Gasteiger partial charge in [0.2, 0.25) is 0 Å². The van der Waals surface area contributed by atoms with E-state index >= 15 is 0 Å². The Morgan fingerprint density at radius 3 is 2.95 bits per heavy atom. The van der Waals surface area contributed by atoms with Gasteiger partial charge in [-0.05, 0) is 37.5 Å². The minimum absolute atomic E-state index is 0.0168. The number of thiophene rings is 1. The van der Waals surface area contributed by atoms with E-state index in [9.17, 15) is 14.0 Å². The zero-order valence-corrected chi connectivity index (χ0v) is 11.5. The number of ketones is 1. The molecule has 0 spiro atoms. The summed E-state index contributed by atoms with van der Waals surface area (Å²) in [5.41, 5.74) is 0. The van der Waals surface area contributed by atoms with Gasteiger partial charge in [-0.25, -0.2) is 9.18 Å². The summed E-state index contributed by atoms with van der Waals surface area (Å²) in [6, 6.07) is 6.21. The second-order valence-electron chi connectivity index (χ2n) is 4.87. The number of rotatable bonds is 2. The molecule has 0 bridgehead atoms. The summed E-state index contributed by atoms with van der Waals surface area (Å²) in [5.74, 6) is -0.908. The fourth-order valence-electron chi connectivity index (χ4n) is 2.39. The summed E-state index contributed by atoms with van der Waals surface area (Å²) in [4.78, 5) is 24.0. The predicted octanol–water partition coefficient (Wildman–Crippen LogP) is 3.71. The maximum atomic E-state index is 13.6. The fraction of sp³-hybridized carbons (Fsp3) is 0.333. The summed E-state index contributed by atoms with van der Waals surface area (Å²) in [6.07, 6.45) is 2.18. The van der Waals surface area contributed by atoms with E-state index in [0.717, 1.165) is 12.8 Å². The number of Topliss-reactive ketones (excluding diaryl/α,β-unsaturated/α-hetero) is 1. The van der Waals surface area contributed by atoms with Gasteiger partial charge in [-0.3, -0.25) is 4.79 Å². The maximum Gasteiger partial charge on any atom is 0.349 e. The van der Waals surface area contributed by atoms with E-state index in [2.05, 4.69) is 0 Å². The fourth-order valence-corrected chi connectivity index (χ4v) is 3.35. The monoisotopic (exact) mass is 292 g/mol. The molecule has 1 aromatic heterocycles. The van der Waals surface area contributed by atoms with Gasteiger partial charge in [0.15, 0.2) is 11.9 Å². The van der Waals surface area contributed by atoms with Crippen LogP contribution in [0, 0.1) is 5.82 Å². The van der Waals surface area contributed by atoms with Crippen molar-refractivity contribution in [3.05, 3.63) is 35.0 Å². The molecular formula is C15H13FO3S. The van der Waals surface area contributed by atoms with Crippen LogP contribution in [0.3, 0.4) is 0 Å². The third kappa shape index (κ3) is 2.45. The topological polar surface area (TPSA) is 43.4 Å². The van der Waals surface area contributed by atoms with Crippen LogP contribution in [0.4, 0.5) is 4.39 Å². The van der Waals surface area contributed by atoms with Crippen LogP contribution in [-0.2, 0) is 9.53 Å². The molecule has 1 aliphatic rings. The molecule has 0 aliphatic heterocycles. The Morgan fingerprint density at radius 2 is 2.20 bits per heavy atom. The Kier molecular flexibility index (Phi) is 3.53. The van der Waals surface area contributed by atoms with Crippen molar-refractivity contribution in [3.8, 4) is 0 Å². The van der Waals surface area contributed by atoms with Crippen molar-refractivity contribution >= 4 is 33.2 Å². The second-order valence-corrected chi connectivity index (χ2v) is 5.95. The molecule has 1 aliphatic carbocycles. The van der Waals surface area contributed by atoms with Crippen molar-refractivity contribution in [1.29, 1.82) is 0 Å². The quantitative estimate of drug-likeness (QED) is 0.792. The van der Waals surface area contributed by atoms with E-state index in [4.69, 9.17) is 4.74 Å². The van der Waals surface area contributed by atoms with Crippen LogP contribution in [0.5, 0.6) is 0 Å². The largest absolute Gasteiger partial charge is 0.450 e. The lowest BCUT2D eigenvalue weighted by Crippen LogP contribution is -2.29. The van der Waals surface area contributed by atoms with Gasteiger partial charge in [0.25, 0.3) is 0 Å². The van der Waals surface area contributed by atoms with Crippen LogP contribution in [0.15, 0.2) is 24.3 Å². The minimum atomic E-state index is -0.633. The smallest absolute Gasteiger partial charge is 0.349 e. The lowest BCUT2D eigenvalue weighted by atomic mass is 9.96. The lowest BCUT2D eigenvalue weighted by Gasteiger charge is -2.20. The van der Waals surface area contributed by atoms with Crippen LogP contribution in [0.2, 0.25) is 0 Å². The molecule has 1 aromatic carbocycles. The molecule has 3 rings (SSSR count). The summed E-state index contributed by atoms with van der Waals surface area (Å²) in [7, 11) is 0. The highest BCUT2D eigenvalue weighted by Gasteiger charge is 2.27. The van der Waals surface area contributed by atoms with Crippen LogP contribution >= 0.6 is 11.3 Å². The van der Waals surface area contributed by atoms with Crippen molar-refractivity contribution in [2.45, 2.75) is 31.8 Å². The van der Waals surface area contributed by atoms with Gasteiger partial charge in [-0.2, -0.15) is 0 Å². The number of hydrogen-bond acceptors (Lipinski definition) is 4. The molecule has 5 heteroatoms. The molecule has 1 atom stereocenters. The van der Waals surface area contributed by atoms with E-state index < -0.39 is 12.1 Å². The Labute approximate surface area is 119 Å². The van der Waals surface area contributed by atoms with Crippen LogP contribution < -0.4 is 0 Å². The van der Waals surface area contributed by atoms with Crippen molar-refractivity contribution in [3.63, 3.8) is 0 Å². The van der Waals surface area contributed by atoms with Gasteiger partial charge in [-0.15, -0.1) is 11.3 Å². The number of ether oxygens (including phenoxy) is 1. The summed E-state index contributed by atoms with van der Waals surface area (Å²) in [6.45, 7) is 0. The van der Waals surface area contributed by atoms with Crippen LogP contribution in [0.1, 0.15) is 35.4 Å². The Balaban J connectivity index is 1.82. The Hall–Kier alpha value is -1.75. The third-order valence-electron chi connectivity index (χ3n) is 3.46. The summed E-state index contributed by atoms with van der Waals surface area (Å²) in [5, 5.41) is 0.416. The van der Waals surface area contributed by atoms with E-state index in [1.54, 1.807) is 12.1 Å². The zero-order chi connectivity index (χ0) is 14.1. The van der Waals surface area contributed by atoms with E-state index in [-0.39, 0.29) is 11.6 Å². The zero-order valence-electron chi connectivity index (χ0n) is 10.7. The van der Waals surface area contributed by atoms with Crippen LogP contribution in [-0.4, -0.2) is 17.9 Å². The molecule has 20 heavy (non-hydrogen) atoms. The standard InChI is InChI=1S/C15H13FO3S/c16-10-4-3-7-13-9(10)8-14(20-13)15(18)19-12-6-2-1-5-11(12)17/h3-4,7-8,12H,1-2,5-6H2/t12-/m1/s1. The van der Waals surface area contributed by atoms with E-state index in [0.29, 0.717) is 27.8 Å². The highest BCUT2D eigenvalue weighted by molar-refractivity contribution is 7.20. The molecule has 0 N–H and O–H groups in total. The van der Waals surface area contributed by atoms with Crippen molar-refractivity contribution in [2.75, 3.05) is 0 Å². The summed E-state index contributed by atoms with van der Waals surface area (Å²) < 4.78 is 19.5. The van der Waals surface area contributed by atoms with Gasteiger partial charge in [-0.1, -0.05) is 6.07 Å². The molecule has 0 amide bonds. The number of esters is 1. The molecule has 104 valence electrons. The molecule has 1 heterocycles. The first kappa shape index (κ1) is 13.2. The molecular weight excluding hydrogens is 279 g/mol. The molecule has 1 fully saturated rings. The van der Waals surface area contributed by atoms with E-state index in [1.807, 2.05) is 0 Å². The minimum Gasteiger partial charge on any atom is -0.450 e. The number of fused-ring (bicyclic) bond motifs is 1. The van der Waals surface area contributed by atoms with Gasteiger partial charge >= 0.3 is 5.97 Å². The highest BCUT2D eigenvalue weighted by Crippen LogP contribution is 2.29. The SMILES string of the molecule is O=C(O[C@@H]1CCCCC1=O)c1cc2c(F)cccc2s1. The molecule has 0 radical (unpaired) electrons. The number of carbonyl (C=O) groups excluding carboxylic acids is 2. The first-order valence-corrected chi connectivity index (χ1v) is 7.38. The van der Waals surface area contributed by atoms with Crippen molar-refractivity contribution in [2.24, 2.45) is 0 Å².